The van der Waals surface area contributed by atoms with Gasteiger partial charge < -0.3 is 10.4 Å². The highest BCUT2D eigenvalue weighted by molar-refractivity contribution is 6.21. The summed E-state index contributed by atoms with van der Waals surface area (Å²) >= 11 is 0. The molecule has 1 aliphatic heterocycles. The van der Waals surface area contributed by atoms with E-state index in [4.69, 9.17) is 5.11 Å². The van der Waals surface area contributed by atoms with Gasteiger partial charge in [-0.15, -0.1) is 0 Å². The quantitative estimate of drug-likeness (QED) is 0.490. The van der Waals surface area contributed by atoms with Crippen LogP contribution in [0.5, 0.6) is 0 Å². The summed E-state index contributed by atoms with van der Waals surface area (Å²) in [5.41, 5.74) is 1.01. The van der Waals surface area contributed by atoms with Crippen LogP contribution in [0.2, 0.25) is 0 Å². The maximum Gasteiger partial charge on any atom is 0.255 e. The van der Waals surface area contributed by atoms with E-state index in [0.29, 0.717) is 11.3 Å². The molecule has 0 saturated carbocycles. The molecule has 1 heterocycles. The molecule has 0 unspecified atom stereocenters. The average Bonchev–Trinajstić information content (AvgIpc) is 2.20. The molecule has 1 amide bonds. The topological polar surface area (TPSA) is 61.7 Å². The van der Waals surface area contributed by atoms with E-state index < -0.39 is 0 Å². The monoisotopic (exact) mass is 182 g/mol. The fourth-order valence-electron chi connectivity index (χ4n) is 1.32. The maximum absolute atomic E-state index is 11.2. The summed E-state index contributed by atoms with van der Waals surface area (Å²) in [7, 11) is 1.54. The van der Waals surface area contributed by atoms with Gasteiger partial charge in [0.25, 0.3) is 5.91 Å². The Morgan fingerprint density at radius 3 is 2.85 bits per heavy atom. The SMILES string of the molecule is CNC(=O)/C(=C/O)C1=NCCCC1. The van der Waals surface area contributed by atoms with Crippen molar-refractivity contribution in [3.63, 3.8) is 0 Å². The second-order valence-electron chi connectivity index (χ2n) is 2.91. The van der Waals surface area contributed by atoms with Crippen LogP contribution < -0.4 is 5.32 Å². The predicted octanol–water partition coefficient (Wildman–Crippen LogP) is 0.799. The predicted molar refractivity (Wildman–Crippen MR) is 50.9 cm³/mol. The normalized spacial score (nSPS) is 17.9. The van der Waals surface area contributed by atoms with Gasteiger partial charge in [-0.3, -0.25) is 9.79 Å². The van der Waals surface area contributed by atoms with Gasteiger partial charge in [0.15, 0.2) is 0 Å². The van der Waals surface area contributed by atoms with Gasteiger partial charge in [0.05, 0.1) is 17.5 Å². The minimum Gasteiger partial charge on any atom is -0.515 e. The lowest BCUT2D eigenvalue weighted by Gasteiger charge is -2.12. The summed E-state index contributed by atoms with van der Waals surface area (Å²) in [5, 5.41) is 11.3. The van der Waals surface area contributed by atoms with E-state index >= 15 is 0 Å². The van der Waals surface area contributed by atoms with Crippen molar-refractivity contribution < 1.29 is 9.90 Å². The highest BCUT2D eigenvalue weighted by Crippen LogP contribution is 2.12. The lowest BCUT2D eigenvalue weighted by atomic mass is 10.0. The molecule has 0 spiro atoms. The van der Waals surface area contributed by atoms with Crippen LogP contribution in [0.1, 0.15) is 19.3 Å². The Kier molecular flexibility index (Phi) is 3.49. The van der Waals surface area contributed by atoms with E-state index in [-0.39, 0.29) is 5.91 Å². The van der Waals surface area contributed by atoms with E-state index in [0.717, 1.165) is 32.1 Å². The first-order valence-electron chi connectivity index (χ1n) is 4.39. The third-order valence-electron chi connectivity index (χ3n) is 2.04. The summed E-state index contributed by atoms with van der Waals surface area (Å²) in [6, 6.07) is 0. The van der Waals surface area contributed by atoms with Crippen molar-refractivity contribution in [1.29, 1.82) is 0 Å². The smallest absolute Gasteiger partial charge is 0.255 e. The van der Waals surface area contributed by atoms with Gasteiger partial charge in [-0.05, 0) is 19.3 Å². The van der Waals surface area contributed by atoms with E-state index in [1.54, 1.807) is 0 Å². The first-order valence-corrected chi connectivity index (χ1v) is 4.39. The van der Waals surface area contributed by atoms with Crippen molar-refractivity contribution in [1.82, 2.24) is 5.32 Å². The molecule has 0 fully saturated rings. The van der Waals surface area contributed by atoms with Crippen molar-refractivity contribution >= 4 is 11.6 Å². The van der Waals surface area contributed by atoms with E-state index in [1.807, 2.05) is 0 Å². The van der Waals surface area contributed by atoms with Crippen LogP contribution in [-0.4, -0.2) is 30.3 Å². The molecule has 0 aromatic carbocycles. The molecular weight excluding hydrogens is 168 g/mol. The number of aliphatic hydroxyl groups is 1. The minimum absolute atomic E-state index is 0.275. The zero-order valence-corrected chi connectivity index (χ0v) is 7.71. The van der Waals surface area contributed by atoms with E-state index in [9.17, 15) is 4.79 Å². The number of nitrogens with zero attached hydrogens (tertiary/aromatic N) is 1. The summed E-state index contributed by atoms with van der Waals surface area (Å²) < 4.78 is 0. The summed E-state index contributed by atoms with van der Waals surface area (Å²) in [5.74, 6) is -0.275. The van der Waals surface area contributed by atoms with Crippen LogP contribution in [0.4, 0.5) is 0 Å². The van der Waals surface area contributed by atoms with Crippen LogP contribution >= 0.6 is 0 Å². The Balaban J connectivity index is 2.77. The van der Waals surface area contributed by atoms with Crippen molar-refractivity contribution in [3.05, 3.63) is 11.8 Å². The molecule has 0 bridgehead atoms. The number of rotatable bonds is 2. The molecule has 4 heteroatoms. The Morgan fingerprint density at radius 2 is 2.38 bits per heavy atom. The zero-order valence-electron chi connectivity index (χ0n) is 7.71. The molecule has 0 saturated heterocycles. The fourth-order valence-corrected chi connectivity index (χ4v) is 1.32. The molecule has 0 atom stereocenters. The van der Waals surface area contributed by atoms with Crippen LogP contribution in [0.25, 0.3) is 0 Å². The molecule has 13 heavy (non-hydrogen) atoms. The van der Waals surface area contributed by atoms with Gasteiger partial charge in [-0.25, -0.2) is 0 Å². The lowest BCUT2D eigenvalue weighted by Crippen LogP contribution is -2.26. The molecule has 0 aliphatic carbocycles. The average molecular weight is 182 g/mol. The number of nitrogens with one attached hydrogen (secondary N) is 1. The highest BCUT2D eigenvalue weighted by Gasteiger charge is 2.16. The molecule has 2 N–H and O–H groups in total. The lowest BCUT2D eigenvalue weighted by molar-refractivity contribution is -0.116. The molecule has 4 nitrogen and oxygen atoms in total. The third-order valence-corrected chi connectivity index (χ3v) is 2.04. The van der Waals surface area contributed by atoms with Gasteiger partial charge in [-0.1, -0.05) is 0 Å². The third kappa shape index (κ3) is 2.31. The van der Waals surface area contributed by atoms with Crippen LogP contribution in [-0.2, 0) is 4.79 Å². The second kappa shape index (κ2) is 4.64. The number of hydrogen-bond donors (Lipinski definition) is 2. The number of hydrogen-bond acceptors (Lipinski definition) is 3. The van der Waals surface area contributed by atoms with Gasteiger partial charge >= 0.3 is 0 Å². The number of likely N-dealkylation sites (N-methyl/N-ethyl adjacent to an activating group) is 1. The van der Waals surface area contributed by atoms with Crippen molar-refractivity contribution in [3.8, 4) is 0 Å². The van der Waals surface area contributed by atoms with E-state index in [1.165, 1.54) is 7.05 Å². The van der Waals surface area contributed by atoms with E-state index in [2.05, 4.69) is 10.3 Å². The number of aliphatic imine (C=N–C) groups is 1. The van der Waals surface area contributed by atoms with Gasteiger partial charge in [-0.2, -0.15) is 0 Å². The summed E-state index contributed by atoms with van der Waals surface area (Å²) in [4.78, 5) is 15.4. The Hall–Kier alpha value is -1.32. The standard InChI is InChI=1S/C9H14N2O2/c1-10-9(13)7(6-12)8-4-2-3-5-11-8/h6,12H,2-5H2,1H3,(H,10,13)/b7-6+. The minimum atomic E-state index is -0.275. The van der Waals surface area contributed by atoms with Gasteiger partial charge in [0.1, 0.15) is 0 Å². The Bertz CT molecular complexity index is 256. The Morgan fingerprint density at radius 1 is 1.62 bits per heavy atom. The molecular formula is C9H14N2O2. The second-order valence-corrected chi connectivity index (χ2v) is 2.91. The van der Waals surface area contributed by atoms with Gasteiger partial charge in [0.2, 0.25) is 0 Å². The van der Waals surface area contributed by atoms with Crippen molar-refractivity contribution in [2.24, 2.45) is 4.99 Å². The van der Waals surface area contributed by atoms with Gasteiger partial charge in [0, 0.05) is 13.6 Å². The first-order chi connectivity index (χ1) is 6.29. The zero-order chi connectivity index (χ0) is 9.68. The summed E-state index contributed by atoms with van der Waals surface area (Å²) in [6.45, 7) is 0.754. The number of aliphatic hydroxyl groups excluding tert-OH is 1. The molecule has 72 valence electrons. The number of amides is 1. The van der Waals surface area contributed by atoms with Crippen LogP contribution in [0, 0.1) is 0 Å². The first kappa shape index (κ1) is 9.77. The fraction of sp³-hybridized carbons (Fsp3) is 0.556. The number of carbonyl (C=O) groups is 1. The van der Waals surface area contributed by atoms with Crippen LogP contribution in [0.15, 0.2) is 16.8 Å². The highest BCUT2D eigenvalue weighted by atomic mass is 16.2. The largest absolute Gasteiger partial charge is 0.515 e. The Labute approximate surface area is 77.4 Å². The molecule has 0 aromatic heterocycles. The molecule has 1 rings (SSSR count). The summed E-state index contributed by atoms with van der Waals surface area (Å²) in [6.07, 6.45) is 3.71. The molecule has 0 radical (unpaired) electrons. The maximum atomic E-state index is 11.2. The van der Waals surface area contributed by atoms with Crippen molar-refractivity contribution in [2.45, 2.75) is 19.3 Å². The molecule has 0 aromatic rings. The number of carbonyl (C=O) groups excluding carboxylic acids is 1. The van der Waals surface area contributed by atoms with Crippen molar-refractivity contribution in [2.75, 3.05) is 13.6 Å². The van der Waals surface area contributed by atoms with Crippen LogP contribution in [0.3, 0.4) is 0 Å². The molecule has 1 aliphatic rings.